The summed E-state index contributed by atoms with van der Waals surface area (Å²) in [5, 5.41) is 6.88. The molecule has 1 aromatic heterocycles. The molecule has 1 amide bonds. The molecule has 1 atom stereocenters. The maximum absolute atomic E-state index is 13.6. The highest BCUT2D eigenvalue weighted by molar-refractivity contribution is 7.85. The second-order valence-corrected chi connectivity index (χ2v) is 14.2. The molecule has 5 aromatic rings. The van der Waals surface area contributed by atoms with Crippen LogP contribution in [0.1, 0.15) is 65.0 Å². The van der Waals surface area contributed by atoms with E-state index in [-0.39, 0.29) is 23.4 Å². The minimum atomic E-state index is -4.48. The van der Waals surface area contributed by atoms with Gasteiger partial charge in [0.15, 0.2) is 5.76 Å². The average molecular weight is 677 g/mol. The maximum atomic E-state index is 13.6. The predicted octanol–water partition coefficient (Wildman–Crippen LogP) is 8.32. The molecule has 1 unspecified atom stereocenters. The number of nitrogens with one attached hydrogen (secondary N) is 1. The van der Waals surface area contributed by atoms with Crippen LogP contribution in [-0.4, -0.2) is 36.3 Å². The fourth-order valence-corrected chi connectivity index (χ4v) is 5.78. The summed E-state index contributed by atoms with van der Waals surface area (Å²) >= 11 is 0. The molecule has 0 spiro atoms. The first-order chi connectivity index (χ1) is 22.6. The zero-order valence-corrected chi connectivity index (χ0v) is 27.4. The Kier molecular flexibility index (Phi) is 9.93. The number of hydrogen-bond donors (Lipinski definition) is 2. The number of aromatic nitrogens is 1. The minimum absolute atomic E-state index is 0.0420. The van der Waals surface area contributed by atoms with Crippen molar-refractivity contribution in [1.29, 1.82) is 0 Å². The van der Waals surface area contributed by atoms with E-state index in [4.69, 9.17) is 9.08 Å². The van der Waals surface area contributed by atoms with Crippen LogP contribution in [0.2, 0.25) is 0 Å². The molecule has 0 radical (unpaired) electrons. The van der Waals surface area contributed by atoms with E-state index < -0.39 is 33.5 Å². The molecule has 0 aliphatic carbocycles. The average Bonchev–Trinajstić information content (AvgIpc) is 3.53. The van der Waals surface area contributed by atoms with Gasteiger partial charge in [0.05, 0.1) is 17.0 Å². The van der Waals surface area contributed by atoms with Crippen LogP contribution >= 0.6 is 0 Å². The van der Waals surface area contributed by atoms with Crippen molar-refractivity contribution in [3.8, 4) is 22.5 Å². The zero-order chi connectivity index (χ0) is 34.7. The van der Waals surface area contributed by atoms with Gasteiger partial charge in [-0.05, 0) is 57.9 Å². The highest BCUT2D eigenvalue weighted by atomic mass is 32.2. The minimum Gasteiger partial charge on any atom is -0.356 e. The molecular formula is C37H35F3N2O5S. The molecule has 7 nitrogen and oxygen atoms in total. The number of alkyl halides is 3. The van der Waals surface area contributed by atoms with Crippen LogP contribution in [0.4, 0.5) is 13.2 Å². The van der Waals surface area contributed by atoms with E-state index in [0.717, 1.165) is 17.2 Å². The fraction of sp³-hybridized carbons (Fsp3) is 0.243. The normalized spacial score (nSPS) is 12.9. The van der Waals surface area contributed by atoms with Crippen LogP contribution in [-0.2, 0) is 28.1 Å². The van der Waals surface area contributed by atoms with E-state index >= 15 is 0 Å². The van der Waals surface area contributed by atoms with E-state index in [0.29, 0.717) is 34.6 Å². The largest absolute Gasteiger partial charge is 0.417 e. The number of nitrogens with zero attached hydrogens (tertiary/aromatic N) is 1. The van der Waals surface area contributed by atoms with Crippen molar-refractivity contribution in [2.24, 2.45) is 0 Å². The van der Waals surface area contributed by atoms with E-state index in [1.807, 2.05) is 18.2 Å². The first-order valence-electron chi connectivity index (χ1n) is 15.2. The second-order valence-electron chi connectivity index (χ2n) is 12.6. The van der Waals surface area contributed by atoms with Gasteiger partial charge in [-0.15, -0.1) is 0 Å². The highest BCUT2D eigenvalue weighted by Crippen LogP contribution is 2.38. The van der Waals surface area contributed by atoms with Crippen molar-refractivity contribution in [3.63, 3.8) is 0 Å². The van der Waals surface area contributed by atoms with Gasteiger partial charge < -0.3 is 9.84 Å². The van der Waals surface area contributed by atoms with Gasteiger partial charge in [0.25, 0.3) is 16.0 Å². The first-order valence-corrected chi connectivity index (χ1v) is 16.9. The summed E-state index contributed by atoms with van der Waals surface area (Å²) in [6, 6.07) is 29.2. The third-order valence-corrected chi connectivity index (χ3v) is 8.80. The third-order valence-electron chi connectivity index (χ3n) is 8.08. The molecule has 48 heavy (non-hydrogen) atoms. The Morgan fingerprint density at radius 2 is 1.50 bits per heavy atom. The molecule has 0 aliphatic heterocycles. The Morgan fingerprint density at radius 1 is 0.875 bits per heavy atom. The van der Waals surface area contributed by atoms with Crippen LogP contribution in [0.15, 0.2) is 108 Å². The number of benzene rings is 4. The molecule has 0 aliphatic rings. The summed E-state index contributed by atoms with van der Waals surface area (Å²) in [7, 11) is -4.19. The van der Waals surface area contributed by atoms with Gasteiger partial charge >= 0.3 is 6.18 Å². The summed E-state index contributed by atoms with van der Waals surface area (Å²) in [6.07, 6.45) is -3.97. The van der Waals surface area contributed by atoms with Crippen molar-refractivity contribution in [2.45, 2.75) is 44.7 Å². The van der Waals surface area contributed by atoms with Crippen molar-refractivity contribution in [1.82, 2.24) is 10.5 Å². The van der Waals surface area contributed by atoms with Gasteiger partial charge in [-0.2, -0.15) is 21.6 Å². The number of amides is 1. The topological polar surface area (TPSA) is 110 Å². The standard InChI is InChI=1S/C37H35F3N2O5S/c1-36(2,3)29-18-16-26(17-19-29)31(22-24-8-10-28(11-9-24)35(43)41-20-21-48(44,45)46)33-23-34(47-42-33)27-14-12-25(13-15-27)30-6-4-5-7-32(30)37(38,39)40/h4-19,23,31H,20-22H2,1-3H3,(H,41,43)(H,44,45,46). The summed E-state index contributed by atoms with van der Waals surface area (Å²) in [5.74, 6) is -0.811. The van der Waals surface area contributed by atoms with E-state index in [2.05, 4.69) is 55.5 Å². The van der Waals surface area contributed by atoms with Crippen molar-refractivity contribution < 1.29 is 35.5 Å². The molecule has 0 fully saturated rings. The van der Waals surface area contributed by atoms with Gasteiger partial charge in [-0.1, -0.05) is 105 Å². The first kappa shape index (κ1) is 34.6. The molecule has 4 aromatic carbocycles. The summed E-state index contributed by atoms with van der Waals surface area (Å²) in [5.41, 5.74) is 4.51. The second kappa shape index (κ2) is 13.8. The maximum Gasteiger partial charge on any atom is 0.417 e. The highest BCUT2D eigenvalue weighted by Gasteiger charge is 2.33. The SMILES string of the molecule is CC(C)(C)c1ccc(C(Cc2ccc(C(=O)NCCS(=O)(=O)O)cc2)c2cc(-c3ccc(-c4ccccc4C(F)(F)F)cc3)on2)cc1. The van der Waals surface area contributed by atoms with Gasteiger partial charge in [0.2, 0.25) is 0 Å². The lowest BCUT2D eigenvalue weighted by atomic mass is 9.83. The number of carbonyl (C=O) groups is 1. The van der Waals surface area contributed by atoms with Crippen LogP contribution in [0, 0.1) is 0 Å². The lowest BCUT2D eigenvalue weighted by Crippen LogP contribution is -2.28. The van der Waals surface area contributed by atoms with Gasteiger partial charge in [-0.3, -0.25) is 9.35 Å². The fourth-order valence-electron chi connectivity index (χ4n) is 5.42. The lowest BCUT2D eigenvalue weighted by Gasteiger charge is -2.21. The molecule has 0 saturated carbocycles. The molecular weight excluding hydrogens is 641 g/mol. The zero-order valence-electron chi connectivity index (χ0n) is 26.6. The Balaban J connectivity index is 1.40. The van der Waals surface area contributed by atoms with Crippen LogP contribution in [0.3, 0.4) is 0 Å². The summed E-state index contributed by atoms with van der Waals surface area (Å²) in [4.78, 5) is 12.5. The van der Waals surface area contributed by atoms with E-state index in [1.54, 1.807) is 42.5 Å². The van der Waals surface area contributed by atoms with Crippen molar-refractivity contribution >= 4 is 16.0 Å². The number of carbonyl (C=O) groups excluding carboxylic acids is 1. The third kappa shape index (κ3) is 8.59. The van der Waals surface area contributed by atoms with Gasteiger partial charge in [0, 0.05) is 29.7 Å². The van der Waals surface area contributed by atoms with E-state index in [9.17, 15) is 26.4 Å². The molecule has 0 bridgehead atoms. The van der Waals surface area contributed by atoms with Crippen LogP contribution < -0.4 is 5.32 Å². The van der Waals surface area contributed by atoms with Crippen LogP contribution in [0.25, 0.3) is 22.5 Å². The lowest BCUT2D eigenvalue weighted by molar-refractivity contribution is -0.137. The Morgan fingerprint density at radius 3 is 2.10 bits per heavy atom. The van der Waals surface area contributed by atoms with Crippen molar-refractivity contribution in [2.75, 3.05) is 12.3 Å². The molecule has 11 heteroatoms. The Hall–Kier alpha value is -4.74. The number of rotatable bonds is 10. The Labute approximate surface area is 277 Å². The van der Waals surface area contributed by atoms with E-state index in [1.165, 1.54) is 17.7 Å². The number of hydrogen-bond acceptors (Lipinski definition) is 5. The molecule has 2 N–H and O–H groups in total. The smallest absolute Gasteiger partial charge is 0.356 e. The number of halogens is 3. The summed E-state index contributed by atoms with van der Waals surface area (Å²) in [6.45, 7) is 6.19. The molecule has 1 heterocycles. The quantitative estimate of drug-likeness (QED) is 0.144. The molecule has 250 valence electrons. The molecule has 5 rings (SSSR count). The van der Waals surface area contributed by atoms with Crippen molar-refractivity contribution in [3.05, 3.63) is 137 Å². The predicted molar refractivity (Wildman–Crippen MR) is 178 cm³/mol. The van der Waals surface area contributed by atoms with Crippen LogP contribution in [0.5, 0.6) is 0 Å². The molecule has 0 saturated heterocycles. The summed E-state index contributed by atoms with van der Waals surface area (Å²) < 4.78 is 77.4. The Bertz CT molecular complexity index is 1980. The van der Waals surface area contributed by atoms with Gasteiger partial charge in [0.1, 0.15) is 0 Å². The monoisotopic (exact) mass is 676 g/mol. The van der Waals surface area contributed by atoms with Gasteiger partial charge in [-0.25, -0.2) is 0 Å².